The van der Waals surface area contributed by atoms with Gasteiger partial charge in [0.15, 0.2) is 0 Å². The number of aldehydes is 1. The maximum Gasteiger partial charge on any atom is 0.145 e. The topological polar surface area (TPSA) is 34.1 Å². The lowest BCUT2D eigenvalue weighted by Crippen LogP contribution is -2.18. The summed E-state index contributed by atoms with van der Waals surface area (Å²) in [5.41, 5.74) is 0.585. The number of carbonyl (C=O) groups is 2. The van der Waals surface area contributed by atoms with Gasteiger partial charge in [-0.2, -0.15) is 0 Å². The zero-order valence-corrected chi connectivity index (χ0v) is 11.8. The average Bonchev–Trinajstić information content (AvgIpc) is 2.26. The second kappa shape index (κ2) is 7.41. The Morgan fingerprint density at radius 3 is 1.94 bits per heavy atom. The minimum absolute atomic E-state index is 0.0887. The van der Waals surface area contributed by atoms with E-state index in [4.69, 9.17) is 0 Å². The van der Waals surface area contributed by atoms with Crippen LogP contribution in [0.1, 0.15) is 47.5 Å². The van der Waals surface area contributed by atoms with E-state index in [0.717, 1.165) is 6.29 Å². The summed E-state index contributed by atoms with van der Waals surface area (Å²) in [6.07, 6.45) is 1.98. The first-order valence-corrected chi connectivity index (χ1v) is 6.45. The van der Waals surface area contributed by atoms with E-state index in [1.165, 1.54) is 0 Å². The van der Waals surface area contributed by atoms with Gasteiger partial charge in [-0.25, -0.2) is 0 Å². The van der Waals surface area contributed by atoms with Crippen molar-refractivity contribution in [1.82, 2.24) is 0 Å². The second-order valence-electron chi connectivity index (χ2n) is 5.63. The molecule has 0 spiro atoms. The van der Waals surface area contributed by atoms with E-state index in [9.17, 15) is 9.59 Å². The van der Waals surface area contributed by atoms with Crippen LogP contribution in [0.15, 0.2) is 12.2 Å². The highest BCUT2D eigenvalue weighted by atomic mass is 16.1. The molecule has 3 unspecified atom stereocenters. The first-order chi connectivity index (χ1) is 7.79. The Balaban J connectivity index is 4.20. The van der Waals surface area contributed by atoms with E-state index in [1.807, 2.05) is 13.8 Å². The lowest BCUT2D eigenvalue weighted by molar-refractivity contribution is -0.121. The van der Waals surface area contributed by atoms with Crippen LogP contribution in [0.4, 0.5) is 0 Å². The molecule has 0 radical (unpaired) electrons. The minimum Gasteiger partial charge on any atom is -0.300 e. The predicted octanol–water partition coefficient (Wildman–Crippen LogP) is 3.66. The van der Waals surface area contributed by atoms with Crippen molar-refractivity contribution < 1.29 is 9.59 Å². The molecule has 0 fully saturated rings. The molecule has 0 heterocycles. The molecule has 2 nitrogen and oxygen atoms in total. The lowest BCUT2D eigenvalue weighted by Gasteiger charge is -2.20. The van der Waals surface area contributed by atoms with Crippen LogP contribution >= 0.6 is 0 Å². The molecule has 0 amide bonds. The molecule has 0 rings (SSSR count). The fourth-order valence-corrected chi connectivity index (χ4v) is 1.69. The predicted molar refractivity (Wildman–Crippen MR) is 71.8 cm³/mol. The van der Waals surface area contributed by atoms with Crippen LogP contribution in [0, 0.1) is 23.7 Å². The number of hydrogen-bond donors (Lipinski definition) is 0. The van der Waals surface area contributed by atoms with Gasteiger partial charge in [0, 0.05) is 12.8 Å². The van der Waals surface area contributed by atoms with E-state index in [0.29, 0.717) is 36.0 Å². The largest absolute Gasteiger partial charge is 0.300 e. The number of ketones is 1. The quantitative estimate of drug-likeness (QED) is 0.478. The van der Waals surface area contributed by atoms with Gasteiger partial charge >= 0.3 is 0 Å². The molecule has 98 valence electrons. The number of Topliss-reactive ketones (excluding diaryl/α,β-unsaturated/α-hetero) is 1. The maximum absolute atomic E-state index is 11.9. The monoisotopic (exact) mass is 238 g/mol. The Bertz CT molecular complexity index is 279. The third kappa shape index (κ3) is 5.81. The second-order valence-corrected chi connectivity index (χ2v) is 5.63. The van der Waals surface area contributed by atoms with Crippen LogP contribution in [0.3, 0.4) is 0 Å². The smallest absolute Gasteiger partial charge is 0.145 e. The fraction of sp³-hybridized carbons (Fsp3) is 0.733. The van der Waals surface area contributed by atoms with E-state index in [2.05, 4.69) is 27.4 Å². The molecule has 0 aliphatic carbocycles. The normalized spacial score (nSPS) is 16.4. The van der Waals surface area contributed by atoms with E-state index in [-0.39, 0.29) is 11.8 Å². The standard InChI is InChI=1S/C15H26O2/c1-10(2)11(3)7-15(17)8-12(4)14(6)13(5)9-16/h9-12,14H,5,7-8H2,1-4,6H3. The summed E-state index contributed by atoms with van der Waals surface area (Å²) >= 11 is 0. The van der Waals surface area contributed by atoms with Crippen molar-refractivity contribution in [3.8, 4) is 0 Å². The molecule has 2 heteroatoms. The maximum atomic E-state index is 11.9. The van der Waals surface area contributed by atoms with Gasteiger partial charge in [-0.05, 0) is 29.2 Å². The van der Waals surface area contributed by atoms with E-state index >= 15 is 0 Å². The molecule has 0 aliphatic heterocycles. The number of allylic oxidation sites excluding steroid dienone is 1. The van der Waals surface area contributed by atoms with E-state index in [1.54, 1.807) is 0 Å². The Hall–Kier alpha value is -0.920. The molecular weight excluding hydrogens is 212 g/mol. The Labute approximate surface area is 105 Å². The van der Waals surface area contributed by atoms with E-state index < -0.39 is 0 Å². The van der Waals surface area contributed by atoms with Crippen molar-refractivity contribution in [2.75, 3.05) is 0 Å². The van der Waals surface area contributed by atoms with Crippen LogP contribution in [0.2, 0.25) is 0 Å². The van der Waals surface area contributed by atoms with Crippen LogP contribution in [-0.2, 0) is 9.59 Å². The first kappa shape index (κ1) is 16.1. The van der Waals surface area contributed by atoms with Gasteiger partial charge in [0.2, 0.25) is 0 Å². The lowest BCUT2D eigenvalue weighted by atomic mass is 9.84. The van der Waals surface area contributed by atoms with Crippen molar-refractivity contribution in [2.45, 2.75) is 47.5 Å². The minimum atomic E-state index is 0.0887. The SMILES string of the molecule is C=C(C=O)C(C)C(C)CC(=O)CC(C)C(C)C. The highest BCUT2D eigenvalue weighted by Gasteiger charge is 2.20. The number of hydrogen-bond acceptors (Lipinski definition) is 2. The summed E-state index contributed by atoms with van der Waals surface area (Å²) in [4.78, 5) is 22.5. The zero-order valence-electron chi connectivity index (χ0n) is 11.8. The molecule has 0 aromatic carbocycles. The van der Waals surface area contributed by atoms with Gasteiger partial charge in [0.25, 0.3) is 0 Å². The third-order valence-electron chi connectivity index (χ3n) is 3.83. The van der Waals surface area contributed by atoms with Gasteiger partial charge in [0.1, 0.15) is 12.1 Å². The summed E-state index contributed by atoms with van der Waals surface area (Å²) in [7, 11) is 0. The molecule has 0 saturated heterocycles. The molecule has 0 saturated carbocycles. The Morgan fingerprint density at radius 2 is 1.53 bits per heavy atom. The van der Waals surface area contributed by atoms with Crippen molar-refractivity contribution in [3.05, 3.63) is 12.2 Å². The van der Waals surface area contributed by atoms with Gasteiger partial charge < -0.3 is 0 Å². The summed E-state index contributed by atoms with van der Waals surface area (Å²) in [5.74, 6) is 1.55. The van der Waals surface area contributed by atoms with Crippen molar-refractivity contribution in [1.29, 1.82) is 0 Å². The average molecular weight is 238 g/mol. The van der Waals surface area contributed by atoms with Gasteiger partial charge in [0.05, 0.1) is 0 Å². The Kier molecular flexibility index (Phi) is 7.01. The van der Waals surface area contributed by atoms with Crippen LogP contribution in [-0.4, -0.2) is 12.1 Å². The van der Waals surface area contributed by atoms with Gasteiger partial charge in [-0.3, -0.25) is 9.59 Å². The van der Waals surface area contributed by atoms with Gasteiger partial charge in [-0.15, -0.1) is 0 Å². The summed E-state index contributed by atoms with van der Waals surface area (Å²) in [5, 5.41) is 0. The van der Waals surface area contributed by atoms with Crippen LogP contribution in [0.5, 0.6) is 0 Å². The summed E-state index contributed by atoms with van der Waals surface area (Å²) in [6, 6.07) is 0. The molecule has 17 heavy (non-hydrogen) atoms. The summed E-state index contributed by atoms with van der Waals surface area (Å²) in [6.45, 7) is 14.1. The Morgan fingerprint density at radius 1 is 1.06 bits per heavy atom. The number of rotatable bonds is 8. The molecule has 0 aromatic rings. The molecule has 0 aliphatic rings. The van der Waals surface area contributed by atoms with Crippen molar-refractivity contribution >= 4 is 12.1 Å². The van der Waals surface area contributed by atoms with Crippen molar-refractivity contribution in [3.63, 3.8) is 0 Å². The number of carbonyl (C=O) groups excluding carboxylic acids is 2. The van der Waals surface area contributed by atoms with Crippen molar-refractivity contribution in [2.24, 2.45) is 23.7 Å². The highest BCUT2D eigenvalue weighted by molar-refractivity contribution is 5.79. The molecule has 0 N–H and O–H groups in total. The van der Waals surface area contributed by atoms with Crippen LogP contribution in [0.25, 0.3) is 0 Å². The molecular formula is C15H26O2. The first-order valence-electron chi connectivity index (χ1n) is 6.45. The third-order valence-corrected chi connectivity index (χ3v) is 3.83. The zero-order chi connectivity index (χ0) is 13.6. The summed E-state index contributed by atoms with van der Waals surface area (Å²) < 4.78 is 0. The molecule has 0 bridgehead atoms. The fourth-order valence-electron chi connectivity index (χ4n) is 1.69. The molecule has 3 atom stereocenters. The molecule has 0 aromatic heterocycles. The highest BCUT2D eigenvalue weighted by Crippen LogP contribution is 2.23. The van der Waals surface area contributed by atoms with Crippen LogP contribution < -0.4 is 0 Å². The van der Waals surface area contributed by atoms with Gasteiger partial charge in [-0.1, -0.05) is 41.2 Å².